The van der Waals surface area contributed by atoms with E-state index < -0.39 is 0 Å². The van der Waals surface area contributed by atoms with Gasteiger partial charge in [0.15, 0.2) is 6.54 Å². The number of quaternary nitrogens is 1. The number of piperazine rings is 1. The molecule has 0 atom stereocenters. The molecule has 0 saturated carbocycles. The van der Waals surface area contributed by atoms with Gasteiger partial charge in [-0.25, -0.2) is 4.39 Å². The van der Waals surface area contributed by atoms with Gasteiger partial charge in [-0.2, -0.15) is 0 Å². The Labute approximate surface area is 170 Å². The van der Waals surface area contributed by atoms with E-state index in [1.807, 2.05) is 54.6 Å². The van der Waals surface area contributed by atoms with Crippen molar-refractivity contribution in [3.05, 3.63) is 84.7 Å². The Morgan fingerprint density at radius 1 is 0.862 bits per heavy atom. The molecule has 5 heteroatoms. The molecule has 1 fully saturated rings. The number of hydrogen-bond donors (Lipinski definition) is 2. The molecule has 1 heterocycles. The first-order valence-corrected chi connectivity index (χ1v) is 9.97. The lowest BCUT2D eigenvalue weighted by Crippen LogP contribution is -3.15. The van der Waals surface area contributed by atoms with Crippen molar-refractivity contribution in [2.24, 2.45) is 0 Å². The van der Waals surface area contributed by atoms with Gasteiger partial charge < -0.3 is 15.1 Å². The van der Waals surface area contributed by atoms with Crippen molar-refractivity contribution >= 4 is 17.3 Å². The van der Waals surface area contributed by atoms with Gasteiger partial charge in [-0.05, 0) is 47.5 Å². The lowest BCUT2D eigenvalue weighted by atomic mass is 10.1. The van der Waals surface area contributed by atoms with Gasteiger partial charge in [0.2, 0.25) is 0 Å². The zero-order valence-electron chi connectivity index (χ0n) is 16.3. The molecule has 0 unspecified atom stereocenters. The van der Waals surface area contributed by atoms with E-state index >= 15 is 0 Å². The van der Waals surface area contributed by atoms with E-state index in [1.165, 1.54) is 17.0 Å². The monoisotopic (exact) mass is 390 g/mol. The minimum Gasteiger partial charge on any atom is -0.360 e. The number of benzene rings is 3. The van der Waals surface area contributed by atoms with Crippen LogP contribution in [0.25, 0.3) is 11.1 Å². The Morgan fingerprint density at radius 2 is 1.48 bits per heavy atom. The molecule has 4 rings (SSSR count). The highest BCUT2D eigenvalue weighted by Gasteiger charge is 2.22. The number of nitrogens with one attached hydrogen (secondary N) is 2. The minimum absolute atomic E-state index is 0.0303. The fourth-order valence-corrected chi connectivity index (χ4v) is 3.72. The van der Waals surface area contributed by atoms with Gasteiger partial charge >= 0.3 is 0 Å². The number of anilines is 2. The maximum Gasteiger partial charge on any atom is 0.279 e. The fourth-order valence-electron chi connectivity index (χ4n) is 3.72. The van der Waals surface area contributed by atoms with E-state index in [0.717, 1.165) is 48.7 Å². The van der Waals surface area contributed by atoms with E-state index in [1.54, 1.807) is 0 Å². The van der Waals surface area contributed by atoms with Gasteiger partial charge in [-0.15, -0.1) is 0 Å². The highest BCUT2D eigenvalue weighted by atomic mass is 19.1. The predicted octanol–water partition coefficient (Wildman–Crippen LogP) is 2.84. The summed E-state index contributed by atoms with van der Waals surface area (Å²) in [6.07, 6.45) is 0. The maximum absolute atomic E-state index is 13.1. The van der Waals surface area contributed by atoms with Crippen LogP contribution in [0, 0.1) is 5.82 Å². The summed E-state index contributed by atoms with van der Waals surface area (Å²) in [5, 5.41) is 3.00. The van der Waals surface area contributed by atoms with Crippen molar-refractivity contribution in [2.45, 2.75) is 0 Å². The van der Waals surface area contributed by atoms with Gasteiger partial charge in [-0.1, -0.05) is 42.5 Å². The van der Waals surface area contributed by atoms with Crippen molar-refractivity contribution in [2.75, 3.05) is 42.9 Å². The lowest BCUT2D eigenvalue weighted by Gasteiger charge is -2.33. The molecule has 3 aromatic rings. The Bertz CT molecular complexity index is 934. The second-order valence-electron chi connectivity index (χ2n) is 7.38. The van der Waals surface area contributed by atoms with E-state index in [2.05, 4.69) is 22.3 Å². The quantitative estimate of drug-likeness (QED) is 0.703. The van der Waals surface area contributed by atoms with Crippen molar-refractivity contribution in [1.29, 1.82) is 0 Å². The fraction of sp³-hybridized carbons (Fsp3) is 0.208. The summed E-state index contributed by atoms with van der Waals surface area (Å²) in [5.74, 6) is -0.186. The molecule has 0 bridgehead atoms. The Kier molecular flexibility index (Phi) is 5.86. The predicted molar refractivity (Wildman–Crippen MR) is 115 cm³/mol. The summed E-state index contributed by atoms with van der Waals surface area (Å²) in [6, 6.07) is 24.7. The van der Waals surface area contributed by atoms with Gasteiger partial charge in [0.25, 0.3) is 5.91 Å². The first-order chi connectivity index (χ1) is 14.2. The molecule has 1 amide bonds. The molecule has 1 aliphatic rings. The number of rotatable bonds is 5. The van der Waals surface area contributed by atoms with Crippen LogP contribution < -0.4 is 15.1 Å². The summed E-state index contributed by atoms with van der Waals surface area (Å²) in [6.45, 7) is 3.95. The van der Waals surface area contributed by atoms with Crippen molar-refractivity contribution in [3.63, 3.8) is 0 Å². The van der Waals surface area contributed by atoms with E-state index in [9.17, 15) is 9.18 Å². The lowest BCUT2D eigenvalue weighted by molar-refractivity contribution is -0.892. The van der Waals surface area contributed by atoms with Gasteiger partial charge in [-0.3, -0.25) is 4.79 Å². The van der Waals surface area contributed by atoms with Crippen LogP contribution in [0.15, 0.2) is 78.9 Å². The molecule has 1 saturated heterocycles. The van der Waals surface area contributed by atoms with E-state index in [-0.39, 0.29) is 11.7 Å². The number of amides is 1. The number of hydrogen-bond acceptors (Lipinski definition) is 2. The third-order valence-electron chi connectivity index (χ3n) is 5.35. The molecular weight excluding hydrogens is 365 g/mol. The summed E-state index contributed by atoms with van der Waals surface area (Å²) in [5.41, 5.74) is 4.15. The zero-order chi connectivity index (χ0) is 20.1. The first kappa shape index (κ1) is 19.2. The number of carbonyl (C=O) groups is 1. The summed E-state index contributed by atoms with van der Waals surface area (Å²) in [4.78, 5) is 15.9. The van der Waals surface area contributed by atoms with Gasteiger partial charge in [0.1, 0.15) is 5.82 Å². The van der Waals surface area contributed by atoms with Gasteiger partial charge in [0.05, 0.1) is 26.2 Å². The summed E-state index contributed by atoms with van der Waals surface area (Å²) >= 11 is 0. The Balaban J connectivity index is 1.26. The molecule has 0 radical (unpaired) electrons. The van der Waals surface area contributed by atoms with Crippen LogP contribution in [-0.2, 0) is 4.79 Å². The molecule has 4 nitrogen and oxygen atoms in total. The topological polar surface area (TPSA) is 36.8 Å². The van der Waals surface area contributed by atoms with Crippen LogP contribution in [0.1, 0.15) is 0 Å². The van der Waals surface area contributed by atoms with E-state index in [4.69, 9.17) is 0 Å². The molecule has 148 valence electrons. The molecule has 2 N–H and O–H groups in total. The number of halogens is 1. The molecule has 29 heavy (non-hydrogen) atoms. The molecule has 1 aliphatic heterocycles. The van der Waals surface area contributed by atoms with Crippen LogP contribution in [0.3, 0.4) is 0 Å². The van der Waals surface area contributed by atoms with Crippen LogP contribution >= 0.6 is 0 Å². The average molecular weight is 390 g/mol. The Hall–Kier alpha value is -3.18. The highest BCUT2D eigenvalue weighted by molar-refractivity contribution is 5.91. The third-order valence-corrected chi connectivity index (χ3v) is 5.35. The highest BCUT2D eigenvalue weighted by Crippen LogP contribution is 2.21. The maximum atomic E-state index is 13.1. The summed E-state index contributed by atoms with van der Waals surface area (Å²) < 4.78 is 13.1. The van der Waals surface area contributed by atoms with E-state index in [0.29, 0.717) is 6.54 Å². The first-order valence-electron chi connectivity index (χ1n) is 9.97. The van der Waals surface area contributed by atoms with Crippen molar-refractivity contribution in [1.82, 2.24) is 0 Å². The standard InChI is InChI=1S/C24H24FN3O/c25-21-8-12-23(13-9-21)28-16-14-27(15-17-28)18-24(29)26-22-10-6-20(7-11-22)19-4-2-1-3-5-19/h1-13H,14-18H2,(H,26,29)/p+1. The second-order valence-corrected chi connectivity index (χ2v) is 7.38. The number of nitrogens with zero attached hydrogens (tertiary/aromatic N) is 1. The molecule has 0 aromatic heterocycles. The van der Waals surface area contributed by atoms with Crippen molar-refractivity contribution in [3.8, 4) is 11.1 Å². The minimum atomic E-state index is -0.216. The summed E-state index contributed by atoms with van der Waals surface area (Å²) in [7, 11) is 0. The average Bonchev–Trinajstić information content (AvgIpc) is 2.76. The normalized spacial score (nSPS) is 14.6. The molecule has 3 aromatic carbocycles. The largest absolute Gasteiger partial charge is 0.360 e. The smallest absolute Gasteiger partial charge is 0.279 e. The molecule has 0 aliphatic carbocycles. The van der Waals surface area contributed by atoms with Crippen LogP contribution in [0.4, 0.5) is 15.8 Å². The number of carbonyl (C=O) groups excluding carboxylic acids is 1. The SMILES string of the molecule is O=C(C[NH+]1CCN(c2ccc(F)cc2)CC1)Nc1ccc(-c2ccccc2)cc1. The molecular formula is C24H25FN3O+. The van der Waals surface area contributed by atoms with Gasteiger partial charge in [0, 0.05) is 11.4 Å². The second kappa shape index (κ2) is 8.88. The van der Waals surface area contributed by atoms with Crippen LogP contribution in [0.5, 0.6) is 0 Å². The third kappa shape index (κ3) is 5.00. The van der Waals surface area contributed by atoms with Crippen molar-refractivity contribution < 1.29 is 14.1 Å². The zero-order valence-corrected chi connectivity index (χ0v) is 16.3. The molecule has 0 spiro atoms. The van der Waals surface area contributed by atoms with Crippen LogP contribution in [-0.4, -0.2) is 38.6 Å². The van der Waals surface area contributed by atoms with Crippen LogP contribution in [0.2, 0.25) is 0 Å². The Morgan fingerprint density at radius 3 is 2.14 bits per heavy atom.